The Labute approximate surface area is 364 Å². The molecule has 7 rings (SSSR count). The van der Waals surface area contributed by atoms with Gasteiger partial charge in [0.25, 0.3) is 5.91 Å². The predicted molar refractivity (Wildman–Crippen MR) is 222 cm³/mol. The Balaban J connectivity index is 1.39. The highest BCUT2D eigenvalue weighted by atomic mass is 16.6. The summed E-state index contributed by atoms with van der Waals surface area (Å²) in [5, 5.41) is 40.3. The summed E-state index contributed by atoms with van der Waals surface area (Å²) >= 11 is 0. The van der Waals surface area contributed by atoms with Gasteiger partial charge in [-0.15, -0.1) is 0 Å². The highest BCUT2D eigenvalue weighted by molar-refractivity contribution is 5.96. The van der Waals surface area contributed by atoms with Crippen LogP contribution in [0.25, 0.3) is 0 Å². The van der Waals surface area contributed by atoms with Crippen molar-refractivity contribution in [3.63, 3.8) is 0 Å². The number of fused-ring (bicyclic) bond motifs is 5. The largest absolute Gasteiger partial charge is 0.456 e. The summed E-state index contributed by atoms with van der Waals surface area (Å²) < 4.78 is 30.4. The van der Waals surface area contributed by atoms with Gasteiger partial charge in [-0.25, -0.2) is 9.59 Å². The molecule has 3 aliphatic carbocycles. The van der Waals surface area contributed by atoms with Crippen LogP contribution in [0.15, 0.2) is 96.1 Å². The minimum atomic E-state index is -2.40. The Morgan fingerprint density at radius 3 is 2.02 bits per heavy atom. The van der Waals surface area contributed by atoms with Gasteiger partial charge in [-0.1, -0.05) is 80.1 Å². The molecule has 2 saturated carbocycles. The normalized spacial score (nSPS) is 31.6. The van der Waals surface area contributed by atoms with Crippen LogP contribution in [0.2, 0.25) is 0 Å². The number of carbonyl (C=O) groups excluding carboxylic acids is 6. The Kier molecular flexibility index (Phi) is 12.0. The molecule has 1 amide bonds. The molecular formula is C48H53NO14. The Hall–Kier alpha value is -5.74. The summed E-state index contributed by atoms with van der Waals surface area (Å²) in [5.74, 6) is -6.84. The van der Waals surface area contributed by atoms with Crippen molar-refractivity contribution in [3.05, 3.63) is 118 Å². The summed E-state index contributed by atoms with van der Waals surface area (Å²) in [5.41, 5.74) is -6.19. The molecule has 1 heterocycles. The van der Waals surface area contributed by atoms with Crippen molar-refractivity contribution < 1.29 is 67.8 Å². The molecule has 11 atom stereocenters. The molecule has 4 aliphatic rings. The molecule has 4 N–H and O–H groups in total. The summed E-state index contributed by atoms with van der Waals surface area (Å²) in [6.45, 7) is 9.81. The minimum Gasteiger partial charge on any atom is -0.456 e. The van der Waals surface area contributed by atoms with Crippen LogP contribution in [0.3, 0.4) is 0 Å². The first-order valence-electron chi connectivity index (χ1n) is 20.9. The standard InChI is InChI=1S/C48H53NO14/c1-25-18-20-31(21-19-25)43(56)62-41-39-46(7,33(52)22-34-47(39,24-59-34)63-28(4)51)40(54)38(60-27(3)50)35-26(2)32(23-48(41,58)45(35,5)6)61-44(57)37(53)36(29-14-10-8-11-15-29)49-42(55)30-16-12-9-13-17-30/h8-21,32-34,36-39,41,52-53,58H,22-24H2,1-7H3,(H,49,55)/t32-,33-,34+,36-,37+,38+,39-,41-,46+,47-,48+/m0/s1. The quantitative estimate of drug-likeness (QED) is 0.128. The molecule has 1 saturated heterocycles. The monoisotopic (exact) mass is 867 g/mol. The van der Waals surface area contributed by atoms with E-state index in [2.05, 4.69) is 5.32 Å². The molecule has 0 radical (unpaired) electrons. The number of hydrogen-bond donors (Lipinski definition) is 4. The maximum absolute atomic E-state index is 15.5. The second-order valence-electron chi connectivity index (χ2n) is 17.9. The number of carbonyl (C=O) groups is 6. The number of benzene rings is 3. The number of aliphatic hydroxyl groups is 3. The van der Waals surface area contributed by atoms with Gasteiger partial charge in [0.15, 0.2) is 23.6 Å². The number of ketones is 1. The van der Waals surface area contributed by atoms with E-state index in [0.29, 0.717) is 5.56 Å². The van der Waals surface area contributed by atoms with Gasteiger partial charge in [-0.05, 0) is 61.7 Å². The Morgan fingerprint density at radius 2 is 1.44 bits per heavy atom. The fourth-order valence-corrected chi connectivity index (χ4v) is 10.3. The van der Waals surface area contributed by atoms with Crippen LogP contribution < -0.4 is 5.32 Å². The van der Waals surface area contributed by atoms with E-state index >= 15 is 4.79 Å². The Morgan fingerprint density at radius 1 is 0.825 bits per heavy atom. The molecule has 3 aromatic carbocycles. The molecule has 3 fully saturated rings. The molecule has 0 spiro atoms. The topological polar surface area (TPSA) is 221 Å². The Bertz CT molecular complexity index is 2330. The maximum Gasteiger partial charge on any atom is 0.338 e. The molecule has 1 aliphatic heterocycles. The summed E-state index contributed by atoms with van der Waals surface area (Å²) in [6, 6.07) is 21.5. The van der Waals surface area contributed by atoms with Gasteiger partial charge in [0, 0.05) is 37.7 Å². The lowest BCUT2D eigenvalue weighted by Crippen LogP contribution is -2.82. The van der Waals surface area contributed by atoms with E-state index in [1.807, 2.05) is 6.92 Å². The average molecular weight is 868 g/mol. The van der Waals surface area contributed by atoms with Crippen LogP contribution in [-0.4, -0.2) is 105 Å². The highest BCUT2D eigenvalue weighted by Crippen LogP contribution is 2.64. The number of esters is 4. The van der Waals surface area contributed by atoms with E-state index in [4.69, 9.17) is 23.7 Å². The van der Waals surface area contributed by atoms with Gasteiger partial charge < -0.3 is 44.3 Å². The number of aryl methyl sites for hydroxylation is 1. The molecule has 0 unspecified atom stereocenters. The van der Waals surface area contributed by atoms with Crippen molar-refractivity contribution >= 4 is 35.6 Å². The van der Waals surface area contributed by atoms with Gasteiger partial charge in [0.1, 0.15) is 23.9 Å². The zero-order valence-corrected chi connectivity index (χ0v) is 36.2. The number of aliphatic hydroxyl groups excluding tert-OH is 2. The van der Waals surface area contributed by atoms with E-state index in [0.717, 1.165) is 19.4 Å². The van der Waals surface area contributed by atoms with Crippen molar-refractivity contribution in [2.45, 2.75) is 115 Å². The SMILES string of the molecule is CC(=O)O[C@H]1C(=O)[C@@]2(C)[C@H]([C@H](OC(=O)c3ccc(C)cc3)[C@]3(O)C[C@H](OC(=O)[C@H](O)[C@@H](NC(=O)c4ccccc4)c4ccccc4)C(C)=C1C3(C)C)[C@]1(OC(C)=O)CO[C@@H]1C[C@@H]2O. The van der Waals surface area contributed by atoms with Gasteiger partial charge in [0.05, 0.1) is 35.6 Å². The van der Waals surface area contributed by atoms with Crippen molar-refractivity contribution in [1.29, 1.82) is 0 Å². The molecule has 334 valence electrons. The lowest BCUT2D eigenvalue weighted by Gasteiger charge is -2.67. The van der Waals surface area contributed by atoms with Gasteiger partial charge in [-0.3, -0.25) is 19.2 Å². The maximum atomic E-state index is 15.5. The van der Waals surface area contributed by atoms with Crippen LogP contribution >= 0.6 is 0 Å². The van der Waals surface area contributed by atoms with Crippen LogP contribution in [-0.2, 0) is 42.9 Å². The third-order valence-corrected chi connectivity index (χ3v) is 13.8. The van der Waals surface area contributed by atoms with Gasteiger partial charge in [0.2, 0.25) is 0 Å². The average Bonchev–Trinajstić information content (AvgIpc) is 3.24. The smallest absolute Gasteiger partial charge is 0.338 e. The predicted octanol–water partition coefficient (Wildman–Crippen LogP) is 4.04. The number of nitrogens with one attached hydrogen (secondary N) is 1. The summed E-state index contributed by atoms with van der Waals surface area (Å²) in [7, 11) is 0. The van der Waals surface area contributed by atoms with Crippen molar-refractivity contribution in [3.8, 4) is 0 Å². The number of hydrogen-bond acceptors (Lipinski definition) is 14. The van der Waals surface area contributed by atoms with E-state index in [9.17, 15) is 39.3 Å². The van der Waals surface area contributed by atoms with E-state index in [1.54, 1.807) is 86.6 Å². The lowest BCUT2D eigenvalue weighted by molar-refractivity contribution is -0.346. The van der Waals surface area contributed by atoms with Crippen LogP contribution in [0.4, 0.5) is 0 Å². The molecule has 2 bridgehead atoms. The molecule has 3 aromatic rings. The summed E-state index contributed by atoms with van der Waals surface area (Å²) in [6.07, 6.45) is -10.5. The molecule has 15 heteroatoms. The van der Waals surface area contributed by atoms with Gasteiger partial charge >= 0.3 is 23.9 Å². The van der Waals surface area contributed by atoms with E-state index < -0.39 is 113 Å². The zero-order chi connectivity index (χ0) is 45.8. The van der Waals surface area contributed by atoms with Crippen LogP contribution in [0.5, 0.6) is 0 Å². The number of rotatable bonds is 10. The number of ether oxygens (including phenoxy) is 5. The van der Waals surface area contributed by atoms with E-state index in [-0.39, 0.29) is 35.3 Å². The second-order valence-corrected chi connectivity index (χ2v) is 17.9. The molecule has 63 heavy (non-hydrogen) atoms. The van der Waals surface area contributed by atoms with E-state index in [1.165, 1.54) is 26.0 Å². The molecule has 0 aromatic heterocycles. The lowest BCUT2D eigenvalue weighted by atomic mass is 9.44. The third-order valence-electron chi connectivity index (χ3n) is 13.8. The third kappa shape index (κ3) is 7.64. The zero-order valence-electron chi connectivity index (χ0n) is 36.2. The first-order valence-corrected chi connectivity index (χ1v) is 20.9. The molecular weight excluding hydrogens is 815 g/mol. The number of Topliss-reactive ketones (excluding diaryl/α,β-unsaturated/α-hetero) is 1. The fourth-order valence-electron chi connectivity index (χ4n) is 10.3. The first-order chi connectivity index (χ1) is 29.7. The van der Waals surface area contributed by atoms with Gasteiger partial charge in [-0.2, -0.15) is 0 Å². The minimum absolute atomic E-state index is 0.00231. The second kappa shape index (κ2) is 16.8. The van der Waals surface area contributed by atoms with Crippen LogP contribution in [0.1, 0.15) is 92.3 Å². The van der Waals surface area contributed by atoms with Crippen molar-refractivity contribution in [2.75, 3.05) is 6.61 Å². The first kappa shape index (κ1) is 45.3. The number of amides is 1. The molecule has 15 nitrogen and oxygen atoms in total. The highest BCUT2D eigenvalue weighted by Gasteiger charge is 2.78. The summed E-state index contributed by atoms with van der Waals surface area (Å²) in [4.78, 5) is 83.7. The van der Waals surface area contributed by atoms with Crippen LogP contribution in [0, 0.1) is 23.7 Å². The van der Waals surface area contributed by atoms with Crippen molar-refractivity contribution in [2.24, 2.45) is 16.7 Å². The van der Waals surface area contributed by atoms with Crippen molar-refractivity contribution in [1.82, 2.24) is 5.32 Å². The fraction of sp³-hybridized carbons (Fsp3) is 0.458.